The first-order valence-corrected chi connectivity index (χ1v) is 9.53. The average Bonchev–Trinajstić information content (AvgIpc) is 3.18. The van der Waals surface area contributed by atoms with Crippen LogP contribution in [0.4, 0.5) is 22.7 Å². The maximum absolute atomic E-state index is 12.4. The highest BCUT2D eigenvalue weighted by Crippen LogP contribution is 2.36. The summed E-state index contributed by atoms with van der Waals surface area (Å²) in [4.78, 5) is 58.6. The Morgan fingerprint density at radius 1 is 1.12 bits per heavy atom. The number of hydrogen-bond acceptors (Lipinski definition) is 9. The number of nitrogens with zero attached hydrogens (tertiary/aromatic N) is 3. The Labute approximate surface area is 186 Å². The summed E-state index contributed by atoms with van der Waals surface area (Å²) >= 11 is 0. The highest BCUT2D eigenvalue weighted by Gasteiger charge is 2.37. The van der Waals surface area contributed by atoms with Crippen LogP contribution in [0.1, 0.15) is 6.42 Å². The monoisotopic (exact) mass is 458 g/mol. The molecule has 1 aliphatic rings. The van der Waals surface area contributed by atoms with E-state index in [0.29, 0.717) is 0 Å². The molecule has 0 unspecified atom stereocenters. The van der Waals surface area contributed by atoms with Crippen LogP contribution in [0.5, 0.6) is 5.75 Å². The van der Waals surface area contributed by atoms with Crippen molar-refractivity contribution in [3.8, 4) is 5.75 Å². The lowest BCUT2D eigenvalue weighted by Crippen LogP contribution is -2.28. The van der Waals surface area contributed by atoms with Crippen LogP contribution in [-0.2, 0) is 19.1 Å². The van der Waals surface area contributed by atoms with Crippen LogP contribution in [0.25, 0.3) is 0 Å². The van der Waals surface area contributed by atoms with Crippen molar-refractivity contribution in [2.24, 2.45) is 5.92 Å². The van der Waals surface area contributed by atoms with E-state index in [1.165, 1.54) is 48.4 Å². The van der Waals surface area contributed by atoms with E-state index in [1.54, 1.807) is 0 Å². The van der Waals surface area contributed by atoms with Gasteiger partial charge in [-0.3, -0.25) is 34.6 Å². The molecule has 1 heterocycles. The number of carbonyl (C=O) groups excluding carboxylic acids is 3. The standard InChI is InChI=1S/C20H18N4O9/c1-32-17-9-15(24(30)31)5-6-16(17)22-10-12(7-19(22)26)20(27)33-11-18(25)21-13-3-2-4-14(8-13)23(28)29/h2-6,8-9,12H,7,10-11H2,1H3,(H,21,25)/t12-/m1/s1. The van der Waals surface area contributed by atoms with Crippen LogP contribution in [-0.4, -0.2) is 47.9 Å². The number of anilines is 2. The van der Waals surface area contributed by atoms with Gasteiger partial charge in [0.05, 0.1) is 34.6 Å². The molecule has 0 radical (unpaired) electrons. The molecule has 1 N–H and O–H groups in total. The fourth-order valence-electron chi connectivity index (χ4n) is 3.25. The number of benzene rings is 2. The molecule has 1 saturated heterocycles. The molecule has 13 nitrogen and oxygen atoms in total. The van der Waals surface area contributed by atoms with Gasteiger partial charge in [0.25, 0.3) is 17.3 Å². The molecule has 2 aromatic rings. The average molecular weight is 458 g/mol. The number of methoxy groups -OCH3 is 1. The number of nitro groups is 2. The molecule has 1 fully saturated rings. The molecule has 1 aliphatic heterocycles. The molecule has 1 atom stereocenters. The van der Waals surface area contributed by atoms with Crippen molar-refractivity contribution in [2.45, 2.75) is 6.42 Å². The third-order valence-corrected chi connectivity index (χ3v) is 4.81. The topological polar surface area (TPSA) is 171 Å². The molecule has 33 heavy (non-hydrogen) atoms. The van der Waals surface area contributed by atoms with Gasteiger partial charge < -0.3 is 19.7 Å². The van der Waals surface area contributed by atoms with Crippen LogP contribution in [0, 0.1) is 26.1 Å². The summed E-state index contributed by atoms with van der Waals surface area (Å²) < 4.78 is 10.1. The van der Waals surface area contributed by atoms with Crippen LogP contribution < -0.4 is 15.0 Å². The van der Waals surface area contributed by atoms with Crippen molar-refractivity contribution in [3.63, 3.8) is 0 Å². The van der Waals surface area contributed by atoms with Crippen molar-refractivity contribution in [2.75, 3.05) is 30.5 Å². The molecule has 2 amide bonds. The maximum atomic E-state index is 12.4. The van der Waals surface area contributed by atoms with Gasteiger partial charge >= 0.3 is 5.97 Å². The lowest BCUT2D eigenvalue weighted by atomic mass is 10.1. The highest BCUT2D eigenvalue weighted by atomic mass is 16.6. The number of rotatable bonds is 8. The summed E-state index contributed by atoms with van der Waals surface area (Å²) in [5.74, 6) is -2.65. The minimum Gasteiger partial charge on any atom is -0.494 e. The second-order valence-electron chi connectivity index (χ2n) is 6.98. The summed E-state index contributed by atoms with van der Waals surface area (Å²) in [6, 6.07) is 9.00. The summed E-state index contributed by atoms with van der Waals surface area (Å²) in [6.07, 6.45) is -0.175. The van der Waals surface area contributed by atoms with E-state index in [9.17, 15) is 34.6 Å². The lowest BCUT2D eigenvalue weighted by molar-refractivity contribution is -0.385. The van der Waals surface area contributed by atoms with Gasteiger partial charge in [-0.15, -0.1) is 0 Å². The van der Waals surface area contributed by atoms with Gasteiger partial charge in [0.15, 0.2) is 6.61 Å². The zero-order valence-electron chi connectivity index (χ0n) is 17.3. The van der Waals surface area contributed by atoms with Gasteiger partial charge in [-0.1, -0.05) is 6.07 Å². The Morgan fingerprint density at radius 3 is 2.48 bits per heavy atom. The molecule has 2 aromatic carbocycles. The Kier molecular flexibility index (Phi) is 6.81. The minimum atomic E-state index is -0.858. The smallest absolute Gasteiger partial charge is 0.311 e. The molecule has 0 saturated carbocycles. The molecule has 0 spiro atoms. The Bertz CT molecular complexity index is 1130. The number of amides is 2. The summed E-state index contributed by atoms with van der Waals surface area (Å²) in [5, 5.41) is 24.1. The quantitative estimate of drug-likeness (QED) is 0.353. The van der Waals surface area contributed by atoms with Crippen LogP contribution in [0.2, 0.25) is 0 Å². The number of non-ortho nitro benzene ring substituents is 2. The highest BCUT2D eigenvalue weighted by molar-refractivity contribution is 6.01. The van der Waals surface area contributed by atoms with Crippen molar-refractivity contribution in [3.05, 3.63) is 62.7 Å². The number of ether oxygens (including phenoxy) is 2. The molecule has 13 heteroatoms. The first kappa shape index (κ1) is 23.1. The zero-order valence-corrected chi connectivity index (χ0v) is 17.3. The van der Waals surface area contributed by atoms with E-state index in [-0.39, 0.29) is 41.5 Å². The summed E-state index contributed by atoms with van der Waals surface area (Å²) in [5.41, 5.74) is 0.00791. The van der Waals surface area contributed by atoms with Crippen molar-refractivity contribution < 1.29 is 33.7 Å². The normalized spacial score (nSPS) is 15.1. The molecule has 172 valence electrons. The molecular weight excluding hydrogens is 440 g/mol. The Balaban J connectivity index is 1.59. The number of nitrogens with one attached hydrogen (secondary N) is 1. The van der Waals surface area contributed by atoms with E-state index in [4.69, 9.17) is 9.47 Å². The van der Waals surface area contributed by atoms with Gasteiger partial charge in [-0.25, -0.2) is 0 Å². The first-order valence-electron chi connectivity index (χ1n) is 9.53. The number of hydrogen-bond donors (Lipinski definition) is 1. The Hall–Kier alpha value is -4.55. The van der Waals surface area contributed by atoms with Gasteiger partial charge in [-0.2, -0.15) is 0 Å². The van der Waals surface area contributed by atoms with E-state index >= 15 is 0 Å². The van der Waals surface area contributed by atoms with E-state index in [0.717, 1.165) is 6.07 Å². The largest absolute Gasteiger partial charge is 0.494 e. The number of esters is 1. The fourth-order valence-corrected chi connectivity index (χ4v) is 3.25. The molecular formula is C20H18N4O9. The zero-order chi connectivity index (χ0) is 24.1. The van der Waals surface area contributed by atoms with E-state index < -0.39 is 40.2 Å². The maximum Gasteiger partial charge on any atom is 0.311 e. The van der Waals surface area contributed by atoms with Crippen molar-refractivity contribution in [1.29, 1.82) is 0 Å². The van der Waals surface area contributed by atoms with E-state index in [1.807, 2.05) is 0 Å². The van der Waals surface area contributed by atoms with Crippen LogP contribution >= 0.6 is 0 Å². The van der Waals surface area contributed by atoms with Crippen molar-refractivity contribution >= 4 is 40.5 Å². The minimum absolute atomic E-state index is 0.0572. The fraction of sp³-hybridized carbons (Fsp3) is 0.250. The summed E-state index contributed by atoms with van der Waals surface area (Å²) in [6.45, 7) is -0.703. The number of nitro benzene ring substituents is 2. The van der Waals surface area contributed by atoms with Crippen molar-refractivity contribution in [1.82, 2.24) is 0 Å². The SMILES string of the molecule is COc1cc([N+](=O)[O-])ccc1N1C[C@H](C(=O)OCC(=O)Nc2cccc([N+](=O)[O-])c2)CC1=O. The number of carbonyl (C=O) groups is 3. The third kappa shape index (κ3) is 5.39. The van der Waals surface area contributed by atoms with Crippen LogP contribution in [0.3, 0.4) is 0 Å². The molecule has 0 aliphatic carbocycles. The predicted molar refractivity (Wildman–Crippen MR) is 113 cm³/mol. The molecule has 0 aromatic heterocycles. The van der Waals surface area contributed by atoms with Gasteiger partial charge in [0.1, 0.15) is 5.75 Å². The molecule has 0 bridgehead atoms. The molecule has 3 rings (SSSR count). The van der Waals surface area contributed by atoms with Gasteiger partial charge in [0, 0.05) is 36.9 Å². The second-order valence-corrected chi connectivity index (χ2v) is 6.98. The van der Waals surface area contributed by atoms with Gasteiger partial charge in [-0.05, 0) is 12.1 Å². The summed E-state index contributed by atoms with van der Waals surface area (Å²) in [7, 11) is 1.30. The van der Waals surface area contributed by atoms with Crippen LogP contribution in [0.15, 0.2) is 42.5 Å². The second kappa shape index (κ2) is 9.72. The first-order chi connectivity index (χ1) is 15.7. The lowest BCUT2D eigenvalue weighted by Gasteiger charge is -2.19. The van der Waals surface area contributed by atoms with Gasteiger partial charge in [0.2, 0.25) is 5.91 Å². The van der Waals surface area contributed by atoms with E-state index in [2.05, 4.69) is 5.32 Å². The third-order valence-electron chi connectivity index (χ3n) is 4.81. The Morgan fingerprint density at radius 2 is 1.82 bits per heavy atom. The predicted octanol–water partition coefficient (Wildman–Crippen LogP) is 2.05.